The van der Waals surface area contributed by atoms with E-state index in [9.17, 15) is 10.1 Å². The first-order valence-corrected chi connectivity index (χ1v) is 17.3. The average molecular weight is 688 g/mol. The zero-order valence-corrected chi connectivity index (χ0v) is 30.6. The summed E-state index contributed by atoms with van der Waals surface area (Å²) in [5, 5.41) is 11.6. The van der Waals surface area contributed by atoms with E-state index in [1.807, 2.05) is 6.20 Å². The highest BCUT2D eigenvalue weighted by Crippen LogP contribution is 2.25. The molecule has 0 aliphatic heterocycles. The maximum Gasteiger partial charge on any atom is 0.270 e. The highest BCUT2D eigenvalue weighted by molar-refractivity contribution is 8.26. The number of H-pyrrole nitrogens is 3. The molecule has 0 spiro atoms. The lowest BCUT2D eigenvalue weighted by atomic mass is 8.32. The molecule has 0 saturated heterocycles. The maximum absolute atomic E-state index is 10.8. The standard InChI is InChI=1S/C12H10N4O2.C4H5ClN2.CH4.B29/c17-16(18)10-1-2-12-11(4-10)8(5-14-12)3-9-6-13-7-15-9;5-1-4-2-6-3-7-4;;1-16-24(17(2)3)28(25(18(4)5)19(6)7)29(26(20(8)9)21(10)11)27(22(12)13)23(14)15/h1-2,4-7,14H,3H2,(H,13,15);2-3H,1H2,(H,6,7);1H4;. The molecule has 3 aromatic heterocycles. The van der Waals surface area contributed by atoms with E-state index < -0.39 is 83.0 Å². The van der Waals surface area contributed by atoms with Crippen LogP contribution in [0.3, 0.4) is 0 Å². The number of aromatic nitrogens is 5. The van der Waals surface area contributed by atoms with E-state index in [2.05, 4.69) is 24.9 Å². The third-order valence-electron chi connectivity index (χ3n) is 9.15. The molecular formula is C17H19B29ClN6O2. The molecule has 223 valence electrons. The molecule has 55 heavy (non-hydrogen) atoms. The van der Waals surface area contributed by atoms with Crippen molar-refractivity contribution in [2.45, 2.75) is 19.7 Å². The second-order valence-electron chi connectivity index (χ2n) is 13.0. The monoisotopic (exact) mass is 693 g/mol. The fraction of sp³-hybridized carbons (Fsp3) is 0.176. The highest BCUT2D eigenvalue weighted by Gasteiger charge is 2.51. The molecule has 0 bridgehead atoms. The molecule has 4 aromatic rings. The molecule has 4 rings (SSSR count). The Bertz CT molecular complexity index is 1590. The zero-order valence-electron chi connectivity index (χ0n) is 29.8. The average Bonchev–Trinajstić information content (AvgIpc) is 3.87. The van der Waals surface area contributed by atoms with Crippen molar-refractivity contribution in [3.8, 4) is 0 Å². The number of nitrogens with one attached hydrogen (secondary N) is 3. The predicted molar refractivity (Wildman–Crippen MR) is 268 cm³/mol. The number of rotatable bonds is 17. The van der Waals surface area contributed by atoms with Crippen molar-refractivity contribution < 1.29 is 4.92 Å². The van der Waals surface area contributed by atoms with Crippen LogP contribution >= 0.6 is 11.6 Å². The molecular weight excluding hydrogens is 669 g/mol. The van der Waals surface area contributed by atoms with Crippen molar-refractivity contribution in [1.82, 2.24) is 24.9 Å². The number of non-ortho nitro benzene ring substituents is 1. The molecule has 8 nitrogen and oxygen atoms in total. The Morgan fingerprint density at radius 2 is 1.13 bits per heavy atom. The van der Waals surface area contributed by atoms with Gasteiger partial charge in [-0.3, -0.25) is 10.1 Å². The summed E-state index contributed by atoms with van der Waals surface area (Å²) >= 11 is 5.40. The highest BCUT2D eigenvalue weighted by atomic mass is 35.5. The van der Waals surface area contributed by atoms with Crippen LogP contribution in [0, 0.1) is 10.1 Å². The lowest BCUT2D eigenvalue weighted by Crippen LogP contribution is -2.87. The summed E-state index contributed by atoms with van der Waals surface area (Å²) in [6.07, 6.45) is -2.66. The number of fused-ring (bicyclic) bond motifs is 1. The van der Waals surface area contributed by atoms with Crippen molar-refractivity contribution in [3.63, 3.8) is 0 Å². The third-order valence-corrected chi connectivity index (χ3v) is 9.44. The van der Waals surface area contributed by atoms with Crippen molar-refractivity contribution >= 4 is 234 Å². The van der Waals surface area contributed by atoms with Crippen LogP contribution in [-0.2, 0) is 12.3 Å². The topological polar surface area (TPSA) is 116 Å². The van der Waals surface area contributed by atoms with Gasteiger partial charge < -0.3 is 15.0 Å². The largest absolute Gasteiger partial charge is 0.361 e. The Kier molecular flexibility index (Phi) is 23.8. The minimum absolute atomic E-state index is 0. The number of imidazole rings is 2. The molecule has 0 amide bonds. The first-order valence-electron chi connectivity index (χ1n) is 16.8. The fourth-order valence-corrected chi connectivity index (χ4v) is 6.88. The van der Waals surface area contributed by atoms with Gasteiger partial charge in [0, 0.05) is 266 Å². The summed E-state index contributed by atoms with van der Waals surface area (Å²) < 4.78 is 0. The Hall–Kier alpha value is -1.25. The lowest BCUT2D eigenvalue weighted by molar-refractivity contribution is -0.384. The molecule has 0 aliphatic carbocycles. The van der Waals surface area contributed by atoms with Crippen molar-refractivity contribution in [2.24, 2.45) is 0 Å². The molecule has 0 aliphatic rings. The molecule has 0 saturated carbocycles. The molecule has 0 atom stereocenters. The molecule has 31 radical (unpaired) electrons. The number of benzene rings is 1. The smallest absolute Gasteiger partial charge is 0.270 e. The van der Waals surface area contributed by atoms with Gasteiger partial charge in [-0.05, 0) is 11.6 Å². The number of nitro groups is 1. The lowest BCUT2D eigenvalue weighted by Gasteiger charge is -2.49. The SMILES string of the molecule is C.ClCc1cnc[nH]1.O=[N+]([O-])c1ccc2[nH]cc(Cc3cnc[nH]3)c2c1.[B][B]B(B([B])[B])B(B(B([B])[B])B([B])[B])B(B(B([B])[B])B([B])[B])B(B([B])[B])B([B])[B]. The van der Waals surface area contributed by atoms with Crippen molar-refractivity contribution in [3.05, 3.63) is 76.5 Å². The number of aromatic amines is 3. The Morgan fingerprint density at radius 3 is 1.47 bits per heavy atom. The predicted octanol–water partition coefficient (Wildman–Crippen LogP) is -6.87. The molecule has 3 heterocycles. The normalized spacial score (nSPS) is 9.69. The molecule has 1 aromatic carbocycles. The van der Waals surface area contributed by atoms with Crippen LogP contribution < -0.4 is 0 Å². The number of hydrogen-bond acceptors (Lipinski definition) is 4. The van der Waals surface area contributed by atoms with Gasteiger partial charge in [-0.1, -0.05) is 7.43 Å². The van der Waals surface area contributed by atoms with Crippen LogP contribution in [0.15, 0.2) is 49.4 Å². The maximum atomic E-state index is 10.8. The molecule has 3 N–H and O–H groups in total. The summed E-state index contributed by atoms with van der Waals surface area (Å²) in [4.78, 5) is 27.1. The van der Waals surface area contributed by atoms with E-state index in [1.165, 1.54) is 13.1 Å². The van der Waals surface area contributed by atoms with Crippen LogP contribution in [0.25, 0.3) is 10.9 Å². The van der Waals surface area contributed by atoms with Crippen LogP contribution in [0.4, 0.5) is 5.69 Å². The third kappa shape index (κ3) is 15.1. The van der Waals surface area contributed by atoms with Gasteiger partial charge >= 0.3 is 0 Å². The number of nitro benzene ring substituents is 1. The van der Waals surface area contributed by atoms with Gasteiger partial charge in [0.15, 0.2) is 0 Å². The Labute approximate surface area is 358 Å². The van der Waals surface area contributed by atoms with Crippen molar-refractivity contribution in [2.75, 3.05) is 0 Å². The van der Waals surface area contributed by atoms with Gasteiger partial charge in [-0.15, -0.1) is 11.6 Å². The zero-order chi connectivity index (χ0) is 40.9. The van der Waals surface area contributed by atoms with E-state index in [0.717, 1.165) is 27.9 Å². The van der Waals surface area contributed by atoms with Gasteiger partial charge in [0.1, 0.15) is 0 Å². The number of halogens is 1. The van der Waals surface area contributed by atoms with E-state index in [0.29, 0.717) is 12.3 Å². The summed E-state index contributed by atoms with van der Waals surface area (Å²) in [6, 6.07) is 4.82. The first-order chi connectivity index (χ1) is 25.4. The van der Waals surface area contributed by atoms with Gasteiger partial charge in [0.2, 0.25) is 0 Å². The van der Waals surface area contributed by atoms with Gasteiger partial charge in [0.05, 0.1) is 23.5 Å². The van der Waals surface area contributed by atoms with E-state index >= 15 is 0 Å². The Morgan fingerprint density at radius 1 is 0.673 bits per heavy atom. The molecule has 38 heteroatoms. The van der Waals surface area contributed by atoms with Crippen LogP contribution in [0.5, 0.6) is 0 Å². The summed E-state index contributed by atoms with van der Waals surface area (Å²) in [5.41, 5.74) is 3.95. The number of hydrogen-bond donors (Lipinski definition) is 3. The van der Waals surface area contributed by atoms with E-state index in [-0.39, 0.29) is 18.0 Å². The van der Waals surface area contributed by atoms with E-state index in [1.54, 1.807) is 37.2 Å². The summed E-state index contributed by atoms with van der Waals surface area (Å²) in [7, 11) is 91.2. The second kappa shape index (κ2) is 25.3. The fourth-order valence-electron chi connectivity index (χ4n) is 6.73. The van der Waals surface area contributed by atoms with Gasteiger partial charge in [-0.25, -0.2) is 9.97 Å². The van der Waals surface area contributed by atoms with E-state index in [4.69, 9.17) is 128 Å². The Balaban J connectivity index is 0.000000485. The van der Waals surface area contributed by atoms with Gasteiger partial charge in [0.25, 0.3) is 5.69 Å². The van der Waals surface area contributed by atoms with Crippen LogP contribution in [0.1, 0.15) is 24.4 Å². The van der Waals surface area contributed by atoms with Gasteiger partial charge in [-0.2, -0.15) is 0 Å². The second-order valence-corrected chi connectivity index (χ2v) is 13.2. The quantitative estimate of drug-likeness (QED) is 0.0443. The molecule has 0 fully saturated rings. The number of nitrogens with zero attached hydrogens (tertiary/aromatic N) is 3. The van der Waals surface area contributed by atoms with Crippen molar-refractivity contribution in [1.29, 1.82) is 0 Å². The summed E-state index contributed by atoms with van der Waals surface area (Å²) in [5.74, 6) is 0.514. The molecule has 0 unspecified atom stereocenters. The first kappa shape index (κ1) is 51.8. The van der Waals surface area contributed by atoms with Crippen LogP contribution in [0.2, 0.25) is 0 Å². The summed E-state index contributed by atoms with van der Waals surface area (Å²) in [6.45, 7) is 0. The minimum Gasteiger partial charge on any atom is -0.361 e. The number of alkyl halides is 1. The minimum atomic E-state index is -1.03. The van der Waals surface area contributed by atoms with Crippen LogP contribution in [-0.4, -0.2) is 236 Å².